The van der Waals surface area contributed by atoms with Crippen LogP contribution in [0.3, 0.4) is 0 Å². The fraction of sp³-hybridized carbons (Fsp3) is 0.143. The maximum atomic E-state index is 12.1. The molecule has 19 heavy (non-hydrogen) atoms. The molecule has 2 heterocycles. The molecular formula is C14H13N3O2. The van der Waals surface area contributed by atoms with Crippen LogP contribution in [0.1, 0.15) is 21.7 Å². The summed E-state index contributed by atoms with van der Waals surface area (Å²) in [6.07, 6.45) is 3.34. The van der Waals surface area contributed by atoms with Gasteiger partial charge in [0.05, 0.1) is 11.8 Å². The van der Waals surface area contributed by atoms with Gasteiger partial charge in [-0.1, -0.05) is 23.4 Å². The number of carbonyl (C=O) groups is 1. The average molecular weight is 255 g/mol. The van der Waals surface area contributed by atoms with Gasteiger partial charge >= 0.3 is 0 Å². The van der Waals surface area contributed by atoms with Gasteiger partial charge in [-0.3, -0.25) is 4.79 Å². The minimum atomic E-state index is -0.113. The van der Waals surface area contributed by atoms with E-state index in [0.717, 1.165) is 22.2 Å². The fourth-order valence-corrected chi connectivity index (χ4v) is 2.02. The molecule has 2 aromatic heterocycles. The van der Waals surface area contributed by atoms with Crippen molar-refractivity contribution in [3.8, 4) is 0 Å². The highest BCUT2D eigenvalue weighted by molar-refractivity contribution is 6.06. The number of H-pyrrole nitrogens is 1. The molecule has 96 valence electrons. The van der Waals surface area contributed by atoms with Gasteiger partial charge in [-0.15, -0.1) is 0 Å². The number of nitrogens with zero attached hydrogens (tertiary/aromatic N) is 1. The average Bonchev–Trinajstić information content (AvgIpc) is 3.02. The predicted molar refractivity (Wildman–Crippen MR) is 70.7 cm³/mol. The second-order valence-corrected chi connectivity index (χ2v) is 4.34. The highest BCUT2D eigenvalue weighted by Gasteiger charge is 2.12. The van der Waals surface area contributed by atoms with Gasteiger partial charge in [-0.05, 0) is 13.0 Å². The molecule has 3 rings (SSSR count). The molecule has 0 atom stereocenters. The van der Waals surface area contributed by atoms with E-state index in [4.69, 9.17) is 4.52 Å². The summed E-state index contributed by atoms with van der Waals surface area (Å²) in [5.74, 6) is 0.609. The maximum Gasteiger partial charge on any atom is 0.253 e. The number of hydrogen-bond donors (Lipinski definition) is 2. The lowest BCUT2D eigenvalue weighted by atomic mass is 10.1. The smallest absolute Gasteiger partial charge is 0.253 e. The van der Waals surface area contributed by atoms with Crippen molar-refractivity contribution in [2.24, 2.45) is 0 Å². The number of aromatic nitrogens is 2. The van der Waals surface area contributed by atoms with E-state index in [9.17, 15) is 4.79 Å². The van der Waals surface area contributed by atoms with E-state index in [1.807, 2.05) is 31.2 Å². The Hall–Kier alpha value is -2.56. The third-order valence-electron chi connectivity index (χ3n) is 3.12. The van der Waals surface area contributed by atoms with Crippen molar-refractivity contribution in [2.45, 2.75) is 13.5 Å². The molecule has 0 spiro atoms. The van der Waals surface area contributed by atoms with Crippen LogP contribution in [0.4, 0.5) is 0 Å². The molecule has 0 aliphatic carbocycles. The van der Waals surface area contributed by atoms with Crippen molar-refractivity contribution in [2.75, 3.05) is 0 Å². The lowest BCUT2D eigenvalue weighted by molar-refractivity contribution is 0.0952. The summed E-state index contributed by atoms with van der Waals surface area (Å²) in [6.45, 7) is 2.23. The quantitative estimate of drug-likeness (QED) is 0.755. The van der Waals surface area contributed by atoms with Crippen LogP contribution >= 0.6 is 0 Å². The van der Waals surface area contributed by atoms with Crippen molar-refractivity contribution in [3.05, 3.63) is 53.5 Å². The monoisotopic (exact) mass is 255 g/mol. The van der Waals surface area contributed by atoms with Crippen molar-refractivity contribution in [1.82, 2.24) is 15.5 Å². The number of hydrogen-bond acceptors (Lipinski definition) is 3. The Morgan fingerprint density at radius 1 is 1.42 bits per heavy atom. The third-order valence-corrected chi connectivity index (χ3v) is 3.12. The number of para-hydroxylation sites is 1. The molecular weight excluding hydrogens is 242 g/mol. The molecule has 0 saturated carbocycles. The van der Waals surface area contributed by atoms with Crippen LogP contribution in [-0.2, 0) is 6.54 Å². The van der Waals surface area contributed by atoms with E-state index in [2.05, 4.69) is 15.5 Å². The molecule has 5 heteroatoms. The first-order valence-corrected chi connectivity index (χ1v) is 6.00. The van der Waals surface area contributed by atoms with Crippen LogP contribution in [0.15, 0.2) is 41.2 Å². The first kappa shape index (κ1) is 11.5. The van der Waals surface area contributed by atoms with Gasteiger partial charge in [-0.2, -0.15) is 0 Å². The van der Waals surface area contributed by atoms with E-state index in [1.54, 1.807) is 12.4 Å². The number of rotatable bonds is 3. The van der Waals surface area contributed by atoms with E-state index < -0.39 is 0 Å². The van der Waals surface area contributed by atoms with Crippen molar-refractivity contribution in [3.63, 3.8) is 0 Å². The van der Waals surface area contributed by atoms with Crippen LogP contribution in [0.5, 0.6) is 0 Å². The van der Waals surface area contributed by atoms with Crippen LogP contribution in [-0.4, -0.2) is 16.0 Å². The van der Waals surface area contributed by atoms with Gasteiger partial charge in [0, 0.05) is 29.2 Å². The van der Waals surface area contributed by atoms with E-state index in [0.29, 0.717) is 12.1 Å². The first-order valence-electron chi connectivity index (χ1n) is 6.00. The topological polar surface area (TPSA) is 70.9 Å². The molecule has 5 nitrogen and oxygen atoms in total. The second-order valence-electron chi connectivity index (χ2n) is 4.34. The van der Waals surface area contributed by atoms with Crippen molar-refractivity contribution >= 4 is 16.8 Å². The molecule has 2 N–H and O–H groups in total. The zero-order valence-electron chi connectivity index (χ0n) is 10.4. The number of aryl methyl sites for hydroxylation is 1. The number of carbonyl (C=O) groups excluding carboxylic acids is 1. The molecule has 0 saturated heterocycles. The summed E-state index contributed by atoms with van der Waals surface area (Å²) in [4.78, 5) is 15.2. The van der Waals surface area contributed by atoms with Gasteiger partial charge in [0.25, 0.3) is 5.91 Å². The van der Waals surface area contributed by atoms with Gasteiger partial charge in [0.2, 0.25) is 0 Å². The summed E-state index contributed by atoms with van der Waals surface area (Å²) >= 11 is 0. The number of aromatic amines is 1. The Labute approximate surface area is 109 Å². The first-order chi connectivity index (χ1) is 9.25. The van der Waals surface area contributed by atoms with Crippen LogP contribution < -0.4 is 5.32 Å². The number of amides is 1. The SMILES string of the molecule is Cc1oncc1CNC(=O)c1c[nH]c2ccccc12. The summed E-state index contributed by atoms with van der Waals surface area (Å²) in [7, 11) is 0. The van der Waals surface area contributed by atoms with Gasteiger partial charge in [0.15, 0.2) is 0 Å². The molecule has 1 amide bonds. The Morgan fingerprint density at radius 2 is 2.26 bits per heavy atom. The lowest BCUT2D eigenvalue weighted by Gasteiger charge is -2.02. The zero-order chi connectivity index (χ0) is 13.2. The van der Waals surface area contributed by atoms with Crippen LogP contribution in [0.25, 0.3) is 10.9 Å². The van der Waals surface area contributed by atoms with E-state index >= 15 is 0 Å². The highest BCUT2D eigenvalue weighted by atomic mass is 16.5. The Morgan fingerprint density at radius 3 is 3.05 bits per heavy atom. The summed E-state index contributed by atoms with van der Waals surface area (Å²) in [5, 5.41) is 7.46. The number of fused-ring (bicyclic) bond motifs is 1. The third kappa shape index (κ3) is 2.10. The van der Waals surface area contributed by atoms with E-state index in [1.165, 1.54) is 0 Å². The number of nitrogens with one attached hydrogen (secondary N) is 2. The summed E-state index contributed by atoms with van der Waals surface area (Å²) < 4.78 is 4.95. The fourth-order valence-electron chi connectivity index (χ4n) is 2.02. The molecule has 0 unspecified atom stereocenters. The van der Waals surface area contributed by atoms with Gasteiger partial charge in [-0.25, -0.2) is 0 Å². The normalized spacial score (nSPS) is 10.8. The Kier molecular flexibility index (Phi) is 2.79. The highest BCUT2D eigenvalue weighted by Crippen LogP contribution is 2.17. The zero-order valence-corrected chi connectivity index (χ0v) is 10.4. The molecule has 3 aromatic rings. The Bertz CT molecular complexity index is 727. The molecule has 0 fully saturated rings. The summed E-state index contributed by atoms with van der Waals surface area (Å²) in [6, 6.07) is 7.71. The minimum Gasteiger partial charge on any atom is -0.361 e. The number of benzene rings is 1. The van der Waals surface area contributed by atoms with Gasteiger partial charge in [0.1, 0.15) is 5.76 Å². The largest absolute Gasteiger partial charge is 0.361 e. The molecule has 0 aliphatic heterocycles. The van der Waals surface area contributed by atoms with Crippen LogP contribution in [0.2, 0.25) is 0 Å². The standard InChI is InChI=1S/C14H13N3O2/c1-9-10(7-17-19-9)6-16-14(18)12-8-15-13-5-3-2-4-11(12)13/h2-5,7-8,15H,6H2,1H3,(H,16,18). The molecule has 0 bridgehead atoms. The molecule has 1 aromatic carbocycles. The maximum absolute atomic E-state index is 12.1. The summed E-state index contributed by atoms with van der Waals surface area (Å²) in [5.41, 5.74) is 2.48. The predicted octanol–water partition coefficient (Wildman–Crippen LogP) is 2.39. The van der Waals surface area contributed by atoms with E-state index in [-0.39, 0.29) is 5.91 Å². The van der Waals surface area contributed by atoms with Crippen molar-refractivity contribution in [1.29, 1.82) is 0 Å². The molecule has 0 aliphatic rings. The van der Waals surface area contributed by atoms with Crippen LogP contribution in [0, 0.1) is 6.92 Å². The molecule has 0 radical (unpaired) electrons. The Balaban J connectivity index is 1.79. The minimum absolute atomic E-state index is 0.113. The van der Waals surface area contributed by atoms with Crippen molar-refractivity contribution < 1.29 is 9.32 Å². The second kappa shape index (κ2) is 4.61. The van der Waals surface area contributed by atoms with Gasteiger partial charge < -0.3 is 14.8 Å². The lowest BCUT2D eigenvalue weighted by Crippen LogP contribution is -2.22.